The normalized spacial score (nSPS) is 10.2. The highest BCUT2D eigenvalue weighted by Crippen LogP contribution is 2.19. The Hall–Kier alpha value is -1.95. The molecule has 0 atom stereocenters. The van der Waals surface area contributed by atoms with Crippen LogP contribution in [0.3, 0.4) is 0 Å². The van der Waals surface area contributed by atoms with Gasteiger partial charge in [0.1, 0.15) is 10.8 Å². The Morgan fingerprint density at radius 2 is 2.29 bits per heavy atom. The molecule has 0 amide bonds. The molecule has 0 aliphatic rings. The SMILES string of the molecule is NC(=S)c1c(F)cccc1NCc1ccno1. The van der Waals surface area contributed by atoms with Crippen LogP contribution in [0.25, 0.3) is 0 Å². The van der Waals surface area contributed by atoms with Crippen LogP contribution in [0.1, 0.15) is 11.3 Å². The van der Waals surface area contributed by atoms with E-state index < -0.39 is 5.82 Å². The second-order valence-electron chi connectivity index (χ2n) is 3.36. The predicted octanol–water partition coefficient (Wildman–Crippen LogP) is 2.06. The number of aromatic nitrogens is 1. The highest BCUT2D eigenvalue weighted by atomic mass is 32.1. The molecule has 0 unspecified atom stereocenters. The van der Waals surface area contributed by atoms with Gasteiger partial charge in [0.05, 0.1) is 18.3 Å². The van der Waals surface area contributed by atoms with Gasteiger partial charge in [-0.3, -0.25) is 0 Å². The summed E-state index contributed by atoms with van der Waals surface area (Å²) >= 11 is 4.81. The van der Waals surface area contributed by atoms with E-state index in [4.69, 9.17) is 22.5 Å². The summed E-state index contributed by atoms with van der Waals surface area (Å²) in [6, 6.07) is 6.31. The third-order valence-electron chi connectivity index (χ3n) is 2.20. The Labute approximate surface area is 103 Å². The Morgan fingerprint density at radius 3 is 2.94 bits per heavy atom. The Kier molecular flexibility index (Phi) is 3.34. The molecular weight excluding hydrogens is 241 g/mol. The number of halogens is 1. The largest absolute Gasteiger partial charge is 0.389 e. The van der Waals surface area contributed by atoms with Gasteiger partial charge >= 0.3 is 0 Å². The molecule has 17 heavy (non-hydrogen) atoms. The molecule has 1 aromatic heterocycles. The number of hydrogen-bond acceptors (Lipinski definition) is 4. The number of nitrogens with two attached hydrogens (primary N) is 1. The van der Waals surface area contributed by atoms with E-state index in [9.17, 15) is 4.39 Å². The van der Waals surface area contributed by atoms with E-state index in [2.05, 4.69) is 10.5 Å². The van der Waals surface area contributed by atoms with Crippen molar-refractivity contribution in [2.75, 3.05) is 5.32 Å². The van der Waals surface area contributed by atoms with E-state index in [1.807, 2.05) is 0 Å². The Bertz CT molecular complexity index is 528. The smallest absolute Gasteiger partial charge is 0.155 e. The van der Waals surface area contributed by atoms with Gasteiger partial charge in [0.25, 0.3) is 0 Å². The minimum absolute atomic E-state index is 0.0168. The third kappa shape index (κ3) is 2.59. The molecule has 0 saturated heterocycles. The van der Waals surface area contributed by atoms with E-state index in [0.29, 0.717) is 18.0 Å². The van der Waals surface area contributed by atoms with Gasteiger partial charge in [0, 0.05) is 11.8 Å². The minimum atomic E-state index is -0.444. The predicted molar refractivity (Wildman–Crippen MR) is 66.1 cm³/mol. The van der Waals surface area contributed by atoms with Gasteiger partial charge in [-0.15, -0.1) is 0 Å². The maximum Gasteiger partial charge on any atom is 0.155 e. The summed E-state index contributed by atoms with van der Waals surface area (Å²) in [7, 11) is 0. The average molecular weight is 251 g/mol. The first-order valence-electron chi connectivity index (χ1n) is 4.90. The van der Waals surface area contributed by atoms with Crippen LogP contribution < -0.4 is 11.1 Å². The number of nitrogens with one attached hydrogen (secondary N) is 1. The summed E-state index contributed by atoms with van der Waals surface area (Å²) in [5.74, 6) is 0.197. The van der Waals surface area contributed by atoms with Crippen molar-refractivity contribution in [3.05, 3.63) is 47.6 Å². The fourth-order valence-electron chi connectivity index (χ4n) is 1.44. The van der Waals surface area contributed by atoms with Gasteiger partial charge < -0.3 is 15.6 Å². The molecule has 1 heterocycles. The topological polar surface area (TPSA) is 64.1 Å². The van der Waals surface area contributed by atoms with Crippen LogP contribution >= 0.6 is 12.2 Å². The van der Waals surface area contributed by atoms with Crippen molar-refractivity contribution in [2.45, 2.75) is 6.54 Å². The van der Waals surface area contributed by atoms with Crippen molar-refractivity contribution in [1.82, 2.24) is 5.16 Å². The average Bonchev–Trinajstić information content (AvgIpc) is 2.78. The fraction of sp³-hybridized carbons (Fsp3) is 0.0909. The standard InChI is InChI=1S/C11H10FN3OS/c12-8-2-1-3-9(10(8)11(13)17)14-6-7-4-5-15-16-7/h1-5,14H,6H2,(H2,13,17). The van der Waals surface area contributed by atoms with Crippen LogP contribution in [0.5, 0.6) is 0 Å². The molecule has 2 rings (SSSR count). The summed E-state index contributed by atoms with van der Waals surface area (Å²) in [4.78, 5) is 0.0168. The lowest BCUT2D eigenvalue weighted by molar-refractivity contribution is 0.388. The number of benzene rings is 1. The molecule has 4 nitrogen and oxygen atoms in total. The van der Waals surface area contributed by atoms with Crippen LogP contribution in [0, 0.1) is 5.82 Å². The highest BCUT2D eigenvalue weighted by molar-refractivity contribution is 7.80. The van der Waals surface area contributed by atoms with Crippen LogP contribution in [0.2, 0.25) is 0 Å². The lowest BCUT2D eigenvalue weighted by Gasteiger charge is -2.10. The fourth-order valence-corrected chi connectivity index (χ4v) is 1.64. The molecule has 0 aliphatic heterocycles. The number of thiocarbonyl (C=S) groups is 1. The van der Waals surface area contributed by atoms with Gasteiger partial charge in [-0.2, -0.15) is 0 Å². The van der Waals surface area contributed by atoms with Gasteiger partial charge in [0.15, 0.2) is 5.76 Å². The summed E-state index contributed by atoms with van der Waals surface area (Å²) in [6.45, 7) is 0.388. The van der Waals surface area contributed by atoms with Gasteiger partial charge in [-0.1, -0.05) is 23.4 Å². The van der Waals surface area contributed by atoms with E-state index in [0.717, 1.165) is 0 Å². The molecule has 0 saturated carbocycles. The van der Waals surface area contributed by atoms with Crippen LogP contribution in [-0.2, 0) is 6.54 Å². The van der Waals surface area contributed by atoms with Crippen molar-refractivity contribution in [2.24, 2.45) is 5.73 Å². The number of anilines is 1. The molecule has 6 heteroatoms. The van der Waals surface area contributed by atoms with Crippen LogP contribution in [0.15, 0.2) is 35.0 Å². The van der Waals surface area contributed by atoms with Crippen molar-refractivity contribution in [3.8, 4) is 0 Å². The molecule has 88 valence electrons. The number of hydrogen-bond donors (Lipinski definition) is 2. The molecule has 0 fully saturated rings. The Morgan fingerprint density at radius 1 is 1.47 bits per heavy atom. The molecule has 0 aliphatic carbocycles. The molecule has 2 aromatic rings. The monoisotopic (exact) mass is 251 g/mol. The molecule has 0 bridgehead atoms. The first-order chi connectivity index (χ1) is 8.18. The maximum atomic E-state index is 13.5. The van der Waals surface area contributed by atoms with Gasteiger partial charge in [0.2, 0.25) is 0 Å². The summed E-state index contributed by atoms with van der Waals surface area (Å²) in [6.07, 6.45) is 1.54. The number of nitrogens with zero attached hydrogens (tertiary/aromatic N) is 1. The summed E-state index contributed by atoms with van der Waals surface area (Å²) in [5.41, 5.74) is 6.23. The second-order valence-corrected chi connectivity index (χ2v) is 3.80. The van der Waals surface area contributed by atoms with E-state index in [1.54, 1.807) is 18.2 Å². The maximum absolute atomic E-state index is 13.5. The first-order valence-corrected chi connectivity index (χ1v) is 5.31. The minimum Gasteiger partial charge on any atom is -0.389 e. The second kappa shape index (κ2) is 4.92. The molecule has 1 aromatic carbocycles. The molecule has 3 N–H and O–H groups in total. The van der Waals surface area contributed by atoms with Crippen LogP contribution in [0.4, 0.5) is 10.1 Å². The highest BCUT2D eigenvalue weighted by Gasteiger charge is 2.11. The van der Waals surface area contributed by atoms with Crippen molar-refractivity contribution in [1.29, 1.82) is 0 Å². The third-order valence-corrected chi connectivity index (χ3v) is 2.41. The summed E-state index contributed by atoms with van der Waals surface area (Å²) in [5, 5.41) is 6.57. The van der Waals surface area contributed by atoms with E-state index in [-0.39, 0.29) is 10.6 Å². The van der Waals surface area contributed by atoms with E-state index in [1.165, 1.54) is 12.3 Å². The molecule has 0 radical (unpaired) electrons. The molecular formula is C11H10FN3OS. The number of rotatable bonds is 4. The van der Waals surface area contributed by atoms with Crippen LogP contribution in [-0.4, -0.2) is 10.1 Å². The van der Waals surface area contributed by atoms with Crippen molar-refractivity contribution >= 4 is 22.9 Å². The van der Waals surface area contributed by atoms with E-state index >= 15 is 0 Å². The zero-order chi connectivity index (χ0) is 12.3. The lowest BCUT2D eigenvalue weighted by Crippen LogP contribution is -2.15. The quantitative estimate of drug-likeness (QED) is 0.814. The lowest BCUT2D eigenvalue weighted by atomic mass is 10.1. The zero-order valence-electron chi connectivity index (χ0n) is 8.81. The van der Waals surface area contributed by atoms with Gasteiger partial charge in [-0.25, -0.2) is 4.39 Å². The first kappa shape index (κ1) is 11.5. The molecule has 0 spiro atoms. The van der Waals surface area contributed by atoms with Gasteiger partial charge in [-0.05, 0) is 12.1 Å². The van der Waals surface area contributed by atoms with Crippen molar-refractivity contribution < 1.29 is 8.91 Å². The zero-order valence-corrected chi connectivity index (χ0v) is 9.63. The van der Waals surface area contributed by atoms with Crippen molar-refractivity contribution in [3.63, 3.8) is 0 Å². The summed E-state index contributed by atoms with van der Waals surface area (Å²) < 4.78 is 18.4. The Balaban J connectivity index is 2.21.